The average Bonchev–Trinajstić information content (AvgIpc) is 3.22. The van der Waals surface area contributed by atoms with Gasteiger partial charge in [-0.1, -0.05) is 6.07 Å². The molecular weight excluding hydrogens is 330 g/mol. The first kappa shape index (κ1) is 16.2. The number of carbonyl (C=O) groups excluding carboxylic acids is 1. The summed E-state index contributed by atoms with van der Waals surface area (Å²) in [6.07, 6.45) is 0.882. The Morgan fingerprint density at radius 2 is 2.13 bits per heavy atom. The Hall–Kier alpha value is -1.66. The van der Waals surface area contributed by atoms with Crippen molar-refractivity contribution < 1.29 is 14.3 Å². The first-order valence-electron chi connectivity index (χ1n) is 7.38. The Balaban J connectivity index is 1.83. The van der Waals surface area contributed by atoms with Gasteiger partial charge < -0.3 is 14.4 Å². The monoisotopic (exact) mass is 349 g/mol. The third kappa shape index (κ3) is 3.48. The highest BCUT2D eigenvalue weighted by Crippen LogP contribution is 2.43. The normalized spacial score (nSPS) is 17.6. The molecule has 4 nitrogen and oxygen atoms in total. The van der Waals surface area contributed by atoms with Crippen molar-refractivity contribution in [1.29, 1.82) is 0 Å². The summed E-state index contributed by atoms with van der Waals surface area (Å²) in [5, 5.41) is 2.05. The molecule has 1 aliphatic rings. The molecule has 0 N–H and O–H groups in total. The van der Waals surface area contributed by atoms with Gasteiger partial charge in [-0.3, -0.25) is 4.79 Å². The minimum Gasteiger partial charge on any atom is -0.497 e. The number of nitrogens with zero attached hydrogens (tertiary/aromatic N) is 1. The molecule has 1 aromatic heterocycles. The molecular formula is C17H19NO3S2. The van der Waals surface area contributed by atoms with Gasteiger partial charge in [0, 0.05) is 17.0 Å². The molecule has 1 aromatic carbocycles. The van der Waals surface area contributed by atoms with Crippen LogP contribution in [0.4, 0.5) is 0 Å². The second-order valence-corrected chi connectivity index (χ2v) is 7.29. The van der Waals surface area contributed by atoms with Crippen LogP contribution >= 0.6 is 23.1 Å². The third-order valence-corrected chi connectivity index (χ3v) is 6.02. The zero-order chi connectivity index (χ0) is 16.2. The smallest absolute Gasteiger partial charge is 0.233 e. The highest BCUT2D eigenvalue weighted by molar-refractivity contribution is 8.00. The molecule has 0 saturated carbocycles. The van der Waals surface area contributed by atoms with Crippen LogP contribution in [0.25, 0.3) is 0 Å². The molecule has 122 valence electrons. The summed E-state index contributed by atoms with van der Waals surface area (Å²) in [6, 6.07) is 9.89. The standard InChI is InChI=1S/C17H19NO3S2/c1-20-12-5-6-15(21-2)14(10-12)17-18(16(19)11-23-17)8-7-13-4-3-9-22-13/h3-6,9-10,17H,7-8,11H2,1-2H3. The van der Waals surface area contributed by atoms with Crippen LogP contribution in [0.3, 0.4) is 0 Å². The van der Waals surface area contributed by atoms with Crippen LogP contribution in [0.15, 0.2) is 35.7 Å². The van der Waals surface area contributed by atoms with Crippen molar-refractivity contribution in [1.82, 2.24) is 4.90 Å². The lowest BCUT2D eigenvalue weighted by molar-refractivity contribution is -0.128. The average molecular weight is 349 g/mol. The van der Waals surface area contributed by atoms with E-state index >= 15 is 0 Å². The van der Waals surface area contributed by atoms with E-state index in [4.69, 9.17) is 9.47 Å². The van der Waals surface area contributed by atoms with Gasteiger partial charge in [0.1, 0.15) is 16.9 Å². The number of hydrogen-bond acceptors (Lipinski definition) is 5. The van der Waals surface area contributed by atoms with Gasteiger partial charge in [0.15, 0.2) is 0 Å². The maximum atomic E-state index is 12.3. The number of hydrogen-bond donors (Lipinski definition) is 0. The van der Waals surface area contributed by atoms with Gasteiger partial charge in [-0.25, -0.2) is 0 Å². The topological polar surface area (TPSA) is 38.8 Å². The highest BCUT2D eigenvalue weighted by Gasteiger charge is 2.34. The maximum absolute atomic E-state index is 12.3. The van der Waals surface area contributed by atoms with Crippen LogP contribution in [0.5, 0.6) is 11.5 Å². The number of rotatable bonds is 6. The quantitative estimate of drug-likeness (QED) is 0.799. The zero-order valence-corrected chi connectivity index (χ0v) is 14.8. The van der Waals surface area contributed by atoms with Gasteiger partial charge in [-0.15, -0.1) is 23.1 Å². The molecule has 1 amide bonds. The molecule has 0 aliphatic carbocycles. The molecule has 1 fully saturated rings. The Bertz CT molecular complexity index is 672. The minimum atomic E-state index is -0.0208. The number of ether oxygens (including phenoxy) is 2. The number of benzene rings is 1. The first-order valence-corrected chi connectivity index (χ1v) is 9.31. The summed E-state index contributed by atoms with van der Waals surface area (Å²) in [6.45, 7) is 0.720. The van der Waals surface area contributed by atoms with E-state index in [9.17, 15) is 4.79 Å². The molecule has 0 radical (unpaired) electrons. The van der Waals surface area contributed by atoms with Gasteiger partial charge in [-0.05, 0) is 36.1 Å². The van der Waals surface area contributed by atoms with Crippen LogP contribution < -0.4 is 9.47 Å². The molecule has 1 unspecified atom stereocenters. The Morgan fingerprint density at radius 1 is 1.26 bits per heavy atom. The SMILES string of the molecule is COc1ccc(OC)c(C2SCC(=O)N2CCc2cccs2)c1. The Morgan fingerprint density at radius 3 is 2.83 bits per heavy atom. The Kier molecular flexibility index (Phi) is 5.13. The van der Waals surface area contributed by atoms with Crippen molar-refractivity contribution in [2.45, 2.75) is 11.8 Å². The van der Waals surface area contributed by atoms with E-state index in [2.05, 4.69) is 11.4 Å². The number of carbonyl (C=O) groups is 1. The van der Waals surface area contributed by atoms with Gasteiger partial charge in [0.2, 0.25) is 5.91 Å². The summed E-state index contributed by atoms with van der Waals surface area (Å²) in [4.78, 5) is 15.6. The molecule has 2 aromatic rings. The van der Waals surface area contributed by atoms with Gasteiger partial charge >= 0.3 is 0 Å². The number of thiophene rings is 1. The van der Waals surface area contributed by atoms with Crippen LogP contribution in [0, 0.1) is 0 Å². The fourth-order valence-corrected chi connectivity index (χ4v) is 4.60. The van der Waals surface area contributed by atoms with E-state index in [1.54, 1.807) is 37.3 Å². The van der Waals surface area contributed by atoms with Crippen LogP contribution in [-0.4, -0.2) is 37.3 Å². The molecule has 3 rings (SSSR count). The second kappa shape index (κ2) is 7.27. The first-order chi connectivity index (χ1) is 11.2. The fourth-order valence-electron chi connectivity index (χ4n) is 2.67. The van der Waals surface area contributed by atoms with Crippen molar-refractivity contribution in [3.8, 4) is 11.5 Å². The second-order valence-electron chi connectivity index (χ2n) is 5.19. The predicted molar refractivity (Wildman–Crippen MR) is 94.5 cm³/mol. The van der Waals surface area contributed by atoms with Crippen molar-refractivity contribution in [2.24, 2.45) is 0 Å². The van der Waals surface area contributed by atoms with Gasteiger partial charge in [-0.2, -0.15) is 0 Å². The number of amides is 1. The summed E-state index contributed by atoms with van der Waals surface area (Å²) < 4.78 is 10.8. The molecule has 1 aliphatic heterocycles. The lowest BCUT2D eigenvalue weighted by Gasteiger charge is -2.25. The van der Waals surface area contributed by atoms with Gasteiger partial charge in [0.25, 0.3) is 0 Å². The number of methoxy groups -OCH3 is 2. The highest BCUT2D eigenvalue weighted by atomic mass is 32.2. The summed E-state index contributed by atoms with van der Waals surface area (Å²) in [7, 11) is 3.30. The lowest BCUT2D eigenvalue weighted by atomic mass is 10.1. The van der Waals surface area contributed by atoms with Crippen LogP contribution in [0.2, 0.25) is 0 Å². The predicted octanol–water partition coefficient (Wildman–Crippen LogP) is 3.58. The van der Waals surface area contributed by atoms with E-state index in [0.717, 1.165) is 30.0 Å². The zero-order valence-electron chi connectivity index (χ0n) is 13.2. The summed E-state index contributed by atoms with van der Waals surface area (Å²) >= 11 is 3.37. The Labute approximate surface area is 144 Å². The van der Waals surface area contributed by atoms with Gasteiger partial charge in [0.05, 0.1) is 20.0 Å². The molecule has 6 heteroatoms. The lowest BCUT2D eigenvalue weighted by Crippen LogP contribution is -2.30. The molecule has 0 spiro atoms. The molecule has 0 bridgehead atoms. The van der Waals surface area contributed by atoms with E-state index in [1.165, 1.54) is 4.88 Å². The largest absolute Gasteiger partial charge is 0.497 e. The van der Waals surface area contributed by atoms with Crippen molar-refractivity contribution in [3.63, 3.8) is 0 Å². The van der Waals surface area contributed by atoms with Crippen molar-refractivity contribution in [3.05, 3.63) is 46.2 Å². The van der Waals surface area contributed by atoms with E-state index in [1.807, 2.05) is 29.2 Å². The maximum Gasteiger partial charge on any atom is 0.233 e. The minimum absolute atomic E-state index is 0.0208. The molecule has 1 atom stereocenters. The van der Waals surface area contributed by atoms with E-state index in [-0.39, 0.29) is 11.3 Å². The van der Waals surface area contributed by atoms with Crippen molar-refractivity contribution in [2.75, 3.05) is 26.5 Å². The van der Waals surface area contributed by atoms with Crippen LogP contribution in [-0.2, 0) is 11.2 Å². The summed E-state index contributed by atoms with van der Waals surface area (Å²) in [5.41, 5.74) is 0.994. The van der Waals surface area contributed by atoms with E-state index in [0.29, 0.717) is 5.75 Å². The molecule has 2 heterocycles. The number of thioether (sulfide) groups is 1. The van der Waals surface area contributed by atoms with E-state index < -0.39 is 0 Å². The molecule has 23 heavy (non-hydrogen) atoms. The molecule has 1 saturated heterocycles. The third-order valence-electron chi connectivity index (χ3n) is 3.85. The van der Waals surface area contributed by atoms with Crippen molar-refractivity contribution >= 4 is 29.0 Å². The fraction of sp³-hybridized carbons (Fsp3) is 0.353. The summed E-state index contributed by atoms with van der Waals surface area (Å²) in [5.74, 6) is 2.26. The van der Waals surface area contributed by atoms with Crippen LogP contribution in [0.1, 0.15) is 15.8 Å².